The Morgan fingerprint density at radius 2 is 2.05 bits per heavy atom. The maximum atomic E-state index is 13.7. The molecule has 4 nitrogen and oxygen atoms in total. The first-order valence-electron chi connectivity index (χ1n) is 5.98. The van der Waals surface area contributed by atoms with Gasteiger partial charge in [-0.05, 0) is 36.2 Å². The van der Waals surface area contributed by atoms with Gasteiger partial charge in [0.05, 0.1) is 0 Å². The van der Waals surface area contributed by atoms with E-state index in [0.717, 1.165) is 4.88 Å². The smallest absolute Gasteiger partial charge is 0.243 e. The summed E-state index contributed by atoms with van der Waals surface area (Å²) in [5, 5.41) is 4.76. The van der Waals surface area contributed by atoms with Crippen molar-refractivity contribution in [3.8, 4) is 0 Å². The van der Waals surface area contributed by atoms with Gasteiger partial charge in [0.2, 0.25) is 10.0 Å². The Labute approximate surface area is 121 Å². The molecular weight excluding hydrogens is 299 g/mol. The summed E-state index contributed by atoms with van der Waals surface area (Å²) in [7, 11) is -2.11. The third-order valence-corrected chi connectivity index (χ3v) is 4.98. The van der Waals surface area contributed by atoms with Crippen LogP contribution in [0, 0.1) is 5.82 Å². The van der Waals surface area contributed by atoms with Gasteiger partial charge in [-0.1, -0.05) is 12.1 Å². The van der Waals surface area contributed by atoms with Gasteiger partial charge in [0.15, 0.2) is 0 Å². The summed E-state index contributed by atoms with van der Waals surface area (Å²) < 4.78 is 40.4. The van der Waals surface area contributed by atoms with Crippen molar-refractivity contribution in [2.24, 2.45) is 0 Å². The lowest BCUT2D eigenvalue weighted by molar-refractivity contribution is 0.556. The summed E-state index contributed by atoms with van der Waals surface area (Å²) in [4.78, 5) is 0.558. The molecule has 7 heteroatoms. The van der Waals surface area contributed by atoms with Gasteiger partial charge in [-0.25, -0.2) is 17.5 Å². The van der Waals surface area contributed by atoms with E-state index < -0.39 is 15.8 Å². The Hall–Kier alpha value is -1.28. The number of rotatable bonds is 6. The number of halogens is 1. The van der Waals surface area contributed by atoms with Gasteiger partial charge >= 0.3 is 0 Å². The molecule has 0 amide bonds. The summed E-state index contributed by atoms with van der Waals surface area (Å²) in [6.45, 7) is 0.642. The standard InChI is InChI=1S/C13H15FN2O2S2/c1-15-8-10-4-5-12(14)13(7-10)20(17,18)16-9-11-3-2-6-19-11/h2-7,15-16H,8-9H2,1H3. The van der Waals surface area contributed by atoms with Crippen LogP contribution in [0.15, 0.2) is 40.6 Å². The Bertz CT molecular complexity index is 670. The molecule has 0 saturated heterocycles. The zero-order valence-corrected chi connectivity index (χ0v) is 12.5. The second-order valence-electron chi connectivity index (χ2n) is 4.20. The zero-order chi connectivity index (χ0) is 14.6. The Kier molecular flexibility index (Phi) is 4.87. The SMILES string of the molecule is CNCc1ccc(F)c(S(=O)(=O)NCc2cccs2)c1. The van der Waals surface area contributed by atoms with Gasteiger partial charge in [0.1, 0.15) is 10.7 Å². The quantitative estimate of drug-likeness (QED) is 0.858. The van der Waals surface area contributed by atoms with E-state index in [1.807, 2.05) is 17.5 Å². The third kappa shape index (κ3) is 3.63. The molecule has 1 heterocycles. The van der Waals surface area contributed by atoms with Crippen molar-refractivity contribution in [3.63, 3.8) is 0 Å². The minimum absolute atomic E-state index is 0.162. The first kappa shape index (κ1) is 15.1. The topological polar surface area (TPSA) is 58.2 Å². The van der Waals surface area contributed by atoms with Crippen molar-refractivity contribution >= 4 is 21.4 Å². The van der Waals surface area contributed by atoms with Crippen LogP contribution in [0.5, 0.6) is 0 Å². The van der Waals surface area contributed by atoms with E-state index in [-0.39, 0.29) is 11.4 Å². The number of benzene rings is 1. The van der Waals surface area contributed by atoms with Crippen molar-refractivity contribution in [3.05, 3.63) is 52.0 Å². The second-order valence-corrected chi connectivity index (χ2v) is 6.97. The normalized spacial score (nSPS) is 11.7. The van der Waals surface area contributed by atoms with Crippen LogP contribution in [0.4, 0.5) is 4.39 Å². The van der Waals surface area contributed by atoms with Crippen molar-refractivity contribution in [2.45, 2.75) is 18.0 Å². The molecule has 0 aliphatic heterocycles. The number of sulfonamides is 1. The maximum Gasteiger partial charge on any atom is 0.243 e. The zero-order valence-electron chi connectivity index (χ0n) is 10.9. The lowest BCUT2D eigenvalue weighted by Gasteiger charge is -2.09. The van der Waals surface area contributed by atoms with Gasteiger partial charge in [0.25, 0.3) is 0 Å². The Morgan fingerprint density at radius 1 is 1.25 bits per heavy atom. The molecule has 20 heavy (non-hydrogen) atoms. The molecule has 2 aromatic rings. The summed E-state index contributed by atoms with van der Waals surface area (Å²) in [6, 6.07) is 7.74. The predicted octanol–water partition coefficient (Wildman–Crippen LogP) is 2.09. The minimum atomic E-state index is -3.85. The third-order valence-electron chi connectivity index (χ3n) is 2.68. The van der Waals surface area contributed by atoms with Crippen LogP contribution in [-0.4, -0.2) is 15.5 Å². The highest BCUT2D eigenvalue weighted by atomic mass is 32.2. The highest BCUT2D eigenvalue weighted by molar-refractivity contribution is 7.89. The summed E-state index contributed by atoms with van der Waals surface area (Å²) >= 11 is 1.44. The first-order valence-corrected chi connectivity index (χ1v) is 8.34. The first-order chi connectivity index (χ1) is 9.53. The van der Waals surface area contributed by atoms with E-state index in [9.17, 15) is 12.8 Å². The lowest BCUT2D eigenvalue weighted by atomic mass is 10.2. The highest BCUT2D eigenvalue weighted by Gasteiger charge is 2.19. The van der Waals surface area contributed by atoms with Crippen LogP contribution in [-0.2, 0) is 23.1 Å². The average molecular weight is 314 g/mol. The fraction of sp³-hybridized carbons (Fsp3) is 0.231. The van der Waals surface area contributed by atoms with E-state index >= 15 is 0 Å². The molecule has 0 fully saturated rings. The monoisotopic (exact) mass is 314 g/mol. The molecule has 0 spiro atoms. The predicted molar refractivity (Wildman–Crippen MR) is 77.5 cm³/mol. The largest absolute Gasteiger partial charge is 0.316 e. The molecule has 0 bridgehead atoms. The van der Waals surface area contributed by atoms with Crippen LogP contribution < -0.4 is 10.0 Å². The van der Waals surface area contributed by atoms with Crippen LogP contribution in [0.1, 0.15) is 10.4 Å². The Balaban J connectivity index is 2.21. The highest BCUT2D eigenvalue weighted by Crippen LogP contribution is 2.17. The lowest BCUT2D eigenvalue weighted by Crippen LogP contribution is -2.24. The Morgan fingerprint density at radius 3 is 2.70 bits per heavy atom. The minimum Gasteiger partial charge on any atom is -0.316 e. The molecule has 0 aliphatic rings. The molecule has 0 aliphatic carbocycles. The molecule has 0 saturated carbocycles. The fourth-order valence-electron chi connectivity index (χ4n) is 1.72. The molecule has 1 aromatic carbocycles. The van der Waals surface area contributed by atoms with Crippen molar-refractivity contribution < 1.29 is 12.8 Å². The summed E-state index contributed by atoms with van der Waals surface area (Å²) in [5.41, 5.74) is 0.713. The number of hydrogen-bond acceptors (Lipinski definition) is 4. The fourth-order valence-corrected chi connectivity index (χ4v) is 3.59. The van der Waals surface area contributed by atoms with Crippen LogP contribution in [0.3, 0.4) is 0 Å². The van der Waals surface area contributed by atoms with E-state index in [2.05, 4.69) is 10.0 Å². The van der Waals surface area contributed by atoms with Crippen molar-refractivity contribution in [2.75, 3.05) is 7.05 Å². The van der Waals surface area contributed by atoms with Crippen LogP contribution in [0.2, 0.25) is 0 Å². The number of hydrogen-bond donors (Lipinski definition) is 2. The molecule has 2 rings (SSSR count). The van der Waals surface area contributed by atoms with E-state index in [1.165, 1.54) is 23.5 Å². The van der Waals surface area contributed by atoms with Gasteiger partial charge < -0.3 is 5.32 Å². The molecule has 2 N–H and O–H groups in total. The van der Waals surface area contributed by atoms with Crippen LogP contribution >= 0.6 is 11.3 Å². The number of thiophene rings is 1. The average Bonchev–Trinajstić information content (AvgIpc) is 2.92. The molecule has 0 unspecified atom stereocenters. The van der Waals surface area contributed by atoms with E-state index in [0.29, 0.717) is 12.1 Å². The van der Waals surface area contributed by atoms with E-state index in [4.69, 9.17) is 0 Å². The summed E-state index contributed by atoms with van der Waals surface area (Å²) in [6.07, 6.45) is 0. The van der Waals surface area contributed by atoms with Crippen LogP contribution in [0.25, 0.3) is 0 Å². The van der Waals surface area contributed by atoms with Gasteiger partial charge in [-0.2, -0.15) is 0 Å². The summed E-state index contributed by atoms with van der Waals surface area (Å²) in [5.74, 6) is -0.747. The van der Waals surface area contributed by atoms with Gasteiger partial charge in [-0.15, -0.1) is 11.3 Å². The van der Waals surface area contributed by atoms with Gasteiger partial charge in [-0.3, -0.25) is 0 Å². The van der Waals surface area contributed by atoms with Crippen molar-refractivity contribution in [1.82, 2.24) is 10.0 Å². The molecule has 108 valence electrons. The van der Waals surface area contributed by atoms with Gasteiger partial charge in [0, 0.05) is 18.0 Å². The van der Waals surface area contributed by atoms with Crippen molar-refractivity contribution in [1.29, 1.82) is 0 Å². The molecule has 0 atom stereocenters. The molecule has 0 radical (unpaired) electrons. The van der Waals surface area contributed by atoms with E-state index in [1.54, 1.807) is 13.1 Å². The number of nitrogens with one attached hydrogen (secondary N) is 2. The maximum absolute atomic E-state index is 13.7. The second kappa shape index (κ2) is 6.45. The molecule has 1 aromatic heterocycles. The molecular formula is C13H15FN2O2S2.